The Balaban J connectivity index is 1.76. The minimum absolute atomic E-state index is 0.0915. The molecule has 1 atom stereocenters. The lowest BCUT2D eigenvalue weighted by Gasteiger charge is -2.11. The van der Waals surface area contributed by atoms with Gasteiger partial charge in [-0.1, -0.05) is 0 Å². The summed E-state index contributed by atoms with van der Waals surface area (Å²) in [6, 6.07) is 0. The van der Waals surface area contributed by atoms with Crippen molar-refractivity contribution in [3.8, 4) is 0 Å². The van der Waals surface area contributed by atoms with Gasteiger partial charge in [-0.25, -0.2) is 0 Å². The molecule has 10 heteroatoms. The molecule has 0 spiro atoms. The van der Waals surface area contributed by atoms with Gasteiger partial charge in [-0.05, 0) is 6.92 Å². The maximum atomic E-state index is 10.5. The molecule has 114 valence electrons. The van der Waals surface area contributed by atoms with E-state index in [1.807, 2.05) is 11.5 Å². The van der Waals surface area contributed by atoms with Crippen LogP contribution in [0.15, 0.2) is 18.7 Å². The first-order valence-electron chi connectivity index (χ1n) is 6.52. The third-order valence-electron chi connectivity index (χ3n) is 2.93. The highest BCUT2D eigenvalue weighted by Crippen LogP contribution is 2.07. The van der Waals surface area contributed by atoms with Gasteiger partial charge in [0.25, 0.3) is 0 Å². The second-order valence-electron chi connectivity index (χ2n) is 4.50. The molecular formula is C11H17N7O3. The number of aliphatic hydroxyl groups excluding tert-OH is 1. The van der Waals surface area contributed by atoms with Crippen LogP contribution in [0, 0.1) is 10.1 Å². The maximum Gasteiger partial charge on any atom is 0.306 e. The van der Waals surface area contributed by atoms with Gasteiger partial charge >= 0.3 is 5.69 Å². The Hall–Kier alpha value is -2.33. The van der Waals surface area contributed by atoms with Crippen molar-refractivity contribution >= 4 is 5.69 Å². The SMILES string of the molecule is CCn1cnnc1CNCC(O)Cn1cc([N+](=O)[O-])cn1. The number of hydrogen-bond donors (Lipinski definition) is 2. The molecule has 0 aliphatic carbocycles. The average Bonchev–Trinajstić information content (AvgIpc) is 3.07. The van der Waals surface area contributed by atoms with E-state index in [2.05, 4.69) is 20.6 Å². The molecule has 0 bridgehead atoms. The van der Waals surface area contributed by atoms with Crippen LogP contribution in [0.5, 0.6) is 0 Å². The largest absolute Gasteiger partial charge is 0.390 e. The van der Waals surface area contributed by atoms with Crippen molar-refractivity contribution in [2.24, 2.45) is 0 Å². The fourth-order valence-electron chi connectivity index (χ4n) is 1.86. The van der Waals surface area contributed by atoms with Crippen LogP contribution in [0.3, 0.4) is 0 Å². The lowest BCUT2D eigenvalue weighted by atomic mass is 10.3. The molecule has 2 rings (SSSR count). The Morgan fingerprint density at radius 1 is 1.57 bits per heavy atom. The van der Waals surface area contributed by atoms with Crippen molar-refractivity contribution in [1.82, 2.24) is 29.9 Å². The van der Waals surface area contributed by atoms with Gasteiger partial charge in [0.2, 0.25) is 0 Å². The molecule has 0 amide bonds. The molecular weight excluding hydrogens is 278 g/mol. The topological polar surface area (TPSA) is 124 Å². The highest BCUT2D eigenvalue weighted by atomic mass is 16.6. The van der Waals surface area contributed by atoms with E-state index >= 15 is 0 Å². The molecule has 1 unspecified atom stereocenters. The molecule has 0 radical (unpaired) electrons. The Bertz CT molecular complexity index is 594. The van der Waals surface area contributed by atoms with Crippen LogP contribution < -0.4 is 5.32 Å². The van der Waals surface area contributed by atoms with Crippen LogP contribution in [0.2, 0.25) is 0 Å². The van der Waals surface area contributed by atoms with Crippen LogP contribution in [-0.4, -0.2) is 47.2 Å². The van der Waals surface area contributed by atoms with Crippen LogP contribution in [0.25, 0.3) is 0 Å². The van der Waals surface area contributed by atoms with E-state index in [1.165, 1.54) is 10.9 Å². The first kappa shape index (κ1) is 15.1. The monoisotopic (exact) mass is 295 g/mol. The standard InChI is InChI=1S/C11H17N7O3/c1-2-16-8-13-15-11(16)5-12-4-10(19)7-17-6-9(3-14-17)18(20)21/h3,6,8,10,12,19H,2,4-5,7H2,1H3. The van der Waals surface area contributed by atoms with Crippen LogP contribution in [-0.2, 0) is 19.6 Å². The van der Waals surface area contributed by atoms with E-state index < -0.39 is 11.0 Å². The fraction of sp³-hybridized carbons (Fsp3) is 0.545. The fourth-order valence-corrected chi connectivity index (χ4v) is 1.86. The van der Waals surface area contributed by atoms with Crippen LogP contribution in [0.1, 0.15) is 12.7 Å². The second kappa shape index (κ2) is 6.90. The molecule has 10 nitrogen and oxygen atoms in total. The molecule has 0 saturated carbocycles. The van der Waals surface area contributed by atoms with Crippen molar-refractivity contribution in [2.75, 3.05) is 6.54 Å². The van der Waals surface area contributed by atoms with E-state index in [-0.39, 0.29) is 12.2 Å². The van der Waals surface area contributed by atoms with Crippen molar-refractivity contribution in [3.63, 3.8) is 0 Å². The summed E-state index contributed by atoms with van der Waals surface area (Å²) >= 11 is 0. The Morgan fingerprint density at radius 3 is 3.05 bits per heavy atom. The molecule has 21 heavy (non-hydrogen) atoms. The summed E-state index contributed by atoms with van der Waals surface area (Å²) in [7, 11) is 0. The van der Waals surface area contributed by atoms with Gasteiger partial charge in [-0.2, -0.15) is 5.10 Å². The number of aromatic nitrogens is 5. The number of rotatable bonds is 8. The zero-order chi connectivity index (χ0) is 15.2. The zero-order valence-corrected chi connectivity index (χ0v) is 11.6. The number of hydrogen-bond acceptors (Lipinski definition) is 7. The quantitative estimate of drug-likeness (QED) is 0.499. The first-order valence-corrected chi connectivity index (χ1v) is 6.52. The minimum atomic E-state index is -0.706. The van der Waals surface area contributed by atoms with Gasteiger partial charge in [0.05, 0.1) is 24.1 Å². The van der Waals surface area contributed by atoms with Gasteiger partial charge in [0.15, 0.2) is 0 Å². The molecule has 2 heterocycles. The van der Waals surface area contributed by atoms with Gasteiger partial charge in [-0.15, -0.1) is 10.2 Å². The summed E-state index contributed by atoms with van der Waals surface area (Å²) in [5.74, 6) is 0.791. The highest BCUT2D eigenvalue weighted by molar-refractivity contribution is 5.20. The molecule has 0 aromatic carbocycles. The summed E-state index contributed by atoms with van der Waals surface area (Å²) in [5, 5.41) is 35.1. The Morgan fingerprint density at radius 2 is 2.38 bits per heavy atom. The van der Waals surface area contributed by atoms with Crippen molar-refractivity contribution in [3.05, 3.63) is 34.7 Å². The predicted molar refractivity (Wildman–Crippen MR) is 72.3 cm³/mol. The molecule has 2 aromatic rings. The number of nitrogens with one attached hydrogen (secondary N) is 1. The third kappa shape index (κ3) is 4.07. The Labute approximate surface area is 120 Å². The van der Waals surface area contributed by atoms with Gasteiger partial charge < -0.3 is 15.0 Å². The van der Waals surface area contributed by atoms with Crippen molar-refractivity contribution in [2.45, 2.75) is 32.7 Å². The van der Waals surface area contributed by atoms with Crippen molar-refractivity contribution in [1.29, 1.82) is 0 Å². The van der Waals surface area contributed by atoms with E-state index in [1.54, 1.807) is 6.33 Å². The lowest BCUT2D eigenvalue weighted by molar-refractivity contribution is -0.385. The third-order valence-corrected chi connectivity index (χ3v) is 2.93. The molecule has 0 aliphatic heterocycles. The average molecular weight is 295 g/mol. The van der Waals surface area contributed by atoms with Gasteiger partial charge in [-0.3, -0.25) is 14.8 Å². The second-order valence-corrected chi connectivity index (χ2v) is 4.50. The number of aliphatic hydroxyl groups is 1. The lowest BCUT2D eigenvalue weighted by Crippen LogP contribution is -2.30. The van der Waals surface area contributed by atoms with Crippen molar-refractivity contribution < 1.29 is 10.0 Å². The smallest absolute Gasteiger partial charge is 0.306 e. The maximum absolute atomic E-state index is 10.5. The number of nitro groups is 1. The van der Waals surface area contributed by atoms with E-state index in [4.69, 9.17) is 0 Å². The van der Waals surface area contributed by atoms with Crippen LogP contribution in [0.4, 0.5) is 5.69 Å². The van der Waals surface area contributed by atoms with E-state index in [0.717, 1.165) is 18.6 Å². The first-order chi connectivity index (χ1) is 10.1. The minimum Gasteiger partial charge on any atom is -0.390 e. The highest BCUT2D eigenvalue weighted by Gasteiger charge is 2.12. The molecule has 0 fully saturated rings. The van der Waals surface area contributed by atoms with E-state index in [0.29, 0.717) is 13.1 Å². The normalized spacial score (nSPS) is 12.5. The number of aryl methyl sites for hydroxylation is 1. The number of nitrogens with zero attached hydrogens (tertiary/aromatic N) is 6. The van der Waals surface area contributed by atoms with Gasteiger partial charge in [0.1, 0.15) is 24.5 Å². The summed E-state index contributed by atoms with van der Waals surface area (Å²) < 4.78 is 3.25. The van der Waals surface area contributed by atoms with E-state index in [9.17, 15) is 15.2 Å². The predicted octanol–water partition coefficient (Wildman–Crippen LogP) is -0.447. The summed E-state index contributed by atoms with van der Waals surface area (Å²) in [6.45, 7) is 3.77. The molecule has 2 N–H and O–H groups in total. The van der Waals surface area contributed by atoms with Crippen LogP contribution >= 0.6 is 0 Å². The summed E-state index contributed by atoms with van der Waals surface area (Å²) in [6.07, 6.45) is 3.39. The molecule has 0 saturated heterocycles. The molecule has 2 aromatic heterocycles. The molecule has 0 aliphatic rings. The van der Waals surface area contributed by atoms with Gasteiger partial charge in [0, 0.05) is 13.1 Å². The summed E-state index contributed by atoms with van der Waals surface area (Å²) in [5.41, 5.74) is -0.0915. The summed E-state index contributed by atoms with van der Waals surface area (Å²) in [4.78, 5) is 10.0. The Kier molecular flexibility index (Phi) is 4.95. The zero-order valence-electron chi connectivity index (χ0n) is 11.6.